The molecular weight excluding hydrogens is 679 g/mol. The molecule has 2 aliphatic carbocycles. The van der Waals surface area contributed by atoms with Crippen LogP contribution in [0.1, 0.15) is 81.3 Å². The van der Waals surface area contributed by atoms with Crippen LogP contribution < -0.4 is 9.81 Å². The molecule has 0 saturated carbocycles. The first-order valence-electron chi connectivity index (χ1n) is 16.0. The number of allylic oxidation sites excluding steroid dienone is 4. The third-order valence-electron chi connectivity index (χ3n) is 10.4. The summed E-state index contributed by atoms with van der Waals surface area (Å²) in [6.07, 6.45) is 12.8. The minimum atomic E-state index is -4.83. The van der Waals surface area contributed by atoms with Gasteiger partial charge < -0.3 is 0 Å². The number of halogens is 2. The van der Waals surface area contributed by atoms with Crippen LogP contribution in [-0.2, 0) is 35.5 Å². The molecule has 6 rings (SSSR count). The molecule has 0 spiro atoms. The van der Waals surface area contributed by atoms with E-state index in [2.05, 4.69) is 152 Å². The molecule has 46 heavy (non-hydrogen) atoms. The van der Waals surface area contributed by atoms with Crippen molar-refractivity contribution in [1.82, 2.24) is 0 Å². The Morgan fingerprint density at radius 1 is 0.652 bits per heavy atom. The molecule has 4 aromatic carbocycles. The predicted octanol–water partition coefficient (Wildman–Crippen LogP) is 10.2. The SMILES string of the molecule is C=Cc1ccc2c(c1)-c1cc(C=C)c[c]([Zr](=[CH2])([C]3=CC=CC3)([c]3ccc(C(C)(C)C)cc3)[c]3ccc(C(C)(C)C)cc3)c1C2.Cl.Cl. The number of hydrogen-bond donors (Lipinski definition) is 0. The average Bonchev–Trinajstić information content (AvgIpc) is 3.68. The molecule has 0 radical (unpaired) electrons. The van der Waals surface area contributed by atoms with E-state index in [-0.39, 0.29) is 35.6 Å². The van der Waals surface area contributed by atoms with E-state index in [4.69, 9.17) is 4.21 Å². The Hall–Kier alpha value is -2.83. The van der Waals surface area contributed by atoms with Gasteiger partial charge in [-0.3, -0.25) is 0 Å². The Bertz CT molecular complexity index is 1870. The van der Waals surface area contributed by atoms with E-state index in [0.717, 1.165) is 24.0 Å². The Labute approximate surface area is 290 Å². The molecule has 0 amide bonds. The Morgan fingerprint density at radius 2 is 1.17 bits per heavy atom. The van der Waals surface area contributed by atoms with Crippen molar-refractivity contribution >= 4 is 51.0 Å². The monoisotopic (exact) mass is 724 g/mol. The molecule has 0 bridgehead atoms. The van der Waals surface area contributed by atoms with Crippen LogP contribution in [0.5, 0.6) is 0 Å². The molecular formula is C43H48Cl2Zr. The summed E-state index contributed by atoms with van der Waals surface area (Å²) in [5, 5.41) is 0. The van der Waals surface area contributed by atoms with E-state index in [1.165, 1.54) is 46.5 Å². The fraction of sp³-hybridized carbons (Fsp3) is 0.233. The Balaban J connectivity index is 0.00000240. The second-order valence-corrected chi connectivity index (χ2v) is 27.9. The number of benzene rings is 4. The van der Waals surface area contributed by atoms with E-state index in [0.29, 0.717) is 0 Å². The van der Waals surface area contributed by atoms with Gasteiger partial charge in [-0.25, -0.2) is 0 Å². The van der Waals surface area contributed by atoms with E-state index >= 15 is 0 Å². The largest absolute Gasteiger partial charge is 0.147 e. The normalized spacial score (nSPS) is 14.0. The van der Waals surface area contributed by atoms with Gasteiger partial charge in [0.25, 0.3) is 0 Å². The maximum absolute atomic E-state index is 5.68. The van der Waals surface area contributed by atoms with Crippen LogP contribution >= 0.6 is 24.8 Å². The second-order valence-electron chi connectivity index (χ2n) is 15.0. The molecule has 3 heteroatoms. The van der Waals surface area contributed by atoms with Crippen LogP contribution in [0, 0.1) is 0 Å². The molecule has 0 saturated heterocycles. The molecule has 0 heterocycles. The third kappa shape index (κ3) is 5.58. The smallest absolute Gasteiger partial charge is 0.147 e. The van der Waals surface area contributed by atoms with Gasteiger partial charge in [-0.15, -0.1) is 24.8 Å². The van der Waals surface area contributed by atoms with E-state index in [1.807, 2.05) is 12.2 Å². The van der Waals surface area contributed by atoms with Crippen molar-refractivity contribution in [3.05, 3.63) is 147 Å². The second kappa shape index (κ2) is 12.7. The summed E-state index contributed by atoms with van der Waals surface area (Å²) < 4.78 is 11.4. The first kappa shape index (κ1) is 36.0. The first-order valence-corrected chi connectivity index (χ1v) is 22.6. The summed E-state index contributed by atoms with van der Waals surface area (Å²) in [6.45, 7) is 22.1. The zero-order valence-electron chi connectivity index (χ0n) is 28.2. The molecule has 0 aromatic heterocycles. The van der Waals surface area contributed by atoms with Gasteiger partial charge in [-0.1, -0.05) is 0 Å². The summed E-state index contributed by atoms with van der Waals surface area (Å²) in [6, 6.07) is 30.8. The molecule has 0 atom stereocenters. The number of fused-ring (bicyclic) bond motifs is 3. The van der Waals surface area contributed by atoms with Crippen molar-refractivity contribution in [3.8, 4) is 11.1 Å². The molecule has 238 valence electrons. The van der Waals surface area contributed by atoms with Crippen LogP contribution in [0.15, 0.2) is 114 Å². The Kier molecular flexibility index (Phi) is 9.91. The van der Waals surface area contributed by atoms with Crippen molar-refractivity contribution < 1.29 is 18.3 Å². The third-order valence-corrected chi connectivity index (χ3v) is 26.7. The van der Waals surface area contributed by atoms with Crippen molar-refractivity contribution in [2.45, 2.75) is 65.2 Å². The molecule has 4 aromatic rings. The predicted molar refractivity (Wildman–Crippen MR) is 208 cm³/mol. The van der Waals surface area contributed by atoms with E-state index < -0.39 is 18.3 Å². The minimum absolute atomic E-state index is 0. The van der Waals surface area contributed by atoms with Gasteiger partial charge in [0, 0.05) is 0 Å². The van der Waals surface area contributed by atoms with Crippen LogP contribution in [0.25, 0.3) is 23.3 Å². The summed E-state index contributed by atoms with van der Waals surface area (Å²) in [7, 11) is 0. The molecule has 0 N–H and O–H groups in total. The van der Waals surface area contributed by atoms with Crippen LogP contribution in [0.3, 0.4) is 0 Å². The van der Waals surface area contributed by atoms with Gasteiger partial charge in [-0.05, 0) is 0 Å². The Morgan fingerprint density at radius 3 is 1.63 bits per heavy atom. The van der Waals surface area contributed by atoms with Crippen LogP contribution in [0.4, 0.5) is 0 Å². The maximum Gasteiger partial charge on any atom is -0.147 e. The number of hydrogen-bond acceptors (Lipinski definition) is 0. The van der Waals surface area contributed by atoms with Crippen LogP contribution in [0.2, 0.25) is 0 Å². The average molecular weight is 727 g/mol. The van der Waals surface area contributed by atoms with Gasteiger partial charge in [0.2, 0.25) is 0 Å². The van der Waals surface area contributed by atoms with Crippen molar-refractivity contribution in [3.63, 3.8) is 0 Å². The van der Waals surface area contributed by atoms with Gasteiger partial charge in [0.1, 0.15) is 0 Å². The quantitative estimate of drug-likeness (QED) is 0.163. The number of rotatable bonds is 6. The summed E-state index contributed by atoms with van der Waals surface area (Å²) >= 11 is -4.83. The summed E-state index contributed by atoms with van der Waals surface area (Å²) in [5.74, 6) is 0. The van der Waals surface area contributed by atoms with Crippen molar-refractivity contribution in [2.75, 3.05) is 0 Å². The van der Waals surface area contributed by atoms with Gasteiger partial charge in [0.15, 0.2) is 0 Å². The van der Waals surface area contributed by atoms with Gasteiger partial charge in [-0.2, -0.15) is 0 Å². The van der Waals surface area contributed by atoms with E-state index in [1.54, 1.807) is 0 Å². The zero-order valence-corrected chi connectivity index (χ0v) is 32.3. The topological polar surface area (TPSA) is 0 Å². The zero-order chi connectivity index (χ0) is 31.5. The molecule has 2 aliphatic rings. The molecule has 0 unspecified atom stereocenters. The fourth-order valence-corrected chi connectivity index (χ4v) is 23.0. The standard InChI is InChI=1S/C17H13.2C10H13.C5H5.CH2.2ClH.Zr/c1-3-12-5-7-14-11-15-8-6-13(4-2)10-17(15)16(14)9-12;2*1-10(2,3)9-7-5-4-6-8-9;1-2-4-5-3-1;;;;/h3-7,9-10H,1-2,11H2;2*5-8H,1-3H3;1-3H,4H2;1H2;2*1H;. The van der Waals surface area contributed by atoms with Gasteiger partial charge >= 0.3 is 268 Å². The molecule has 0 aliphatic heterocycles. The summed E-state index contributed by atoms with van der Waals surface area (Å²) in [5.41, 5.74) is 10.6. The van der Waals surface area contributed by atoms with Gasteiger partial charge in [0.05, 0.1) is 0 Å². The first-order chi connectivity index (χ1) is 20.8. The van der Waals surface area contributed by atoms with E-state index in [9.17, 15) is 0 Å². The molecule has 0 fully saturated rings. The van der Waals surface area contributed by atoms with Crippen molar-refractivity contribution in [2.24, 2.45) is 0 Å². The molecule has 0 nitrogen and oxygen atoms in total. The minimum Gasteiger partial charge on any atom is -0.147 e. The summed E-state index contributed by atoms with van der Waals surface area (Å²) in [4.78, 5) is 0. The van der Waals surface area contributed by atoms with Crippen LogP contribution in [-0.4, -0.2) is 4.21 Å². The maximum atomic E-state index is 5.68. The van der Waals surface area contributed by atoms with Crippen molar-refractivity contribution in [1.29, 1.82) is 0 Å². The fourth-order valence-electron chi connectivity index (χ4n) is 7.61.